The monoisotopic (exact) mass is 341 g/mol. The first-order valence-electron chi connectivity index (χ1n) is 6.84. The summed E-state index contributed by atoms with van der Waals surface area (Å²) in [4.78, 5) is 28.0. The number of esters is 1. The zero-order valence-electron chi connectivity index (χ0n) is 13.1. The number of aromatic nitrogens is 3. The lowest BCUT2D eigenvalue weighted by Crippen LogP contribution is -2.26. The molecular formula is C14H16ClN3O5. The van der Waals surface area contributed by atoms with E-state index in [0.717, 1.165) is 0 Å². The first-order valence-corrected chi connectivity index (χ1v) is 7.22. The van der Waals surface area contributed by atoms with Crippen molar-refractivity contribution in [3.63, 3.8) is 0 Å². The lowest BCUT2D eigenvalue weighted by atomic mass is 10.2. The van der Waals surface area contributed by atoms with Crippen LogP contribution in [0.15, 0.2) is 12.3 Å². The van der Waals surface area contributed by atoms with E-state index in [2.05, 4.69) is 10.1 Å². The quantitative estimate of drug-likeness (QED) is 0.626. The van der Waals surface area contributed by atoms with Crippen LogP contribution < -0.4 is 4.74 Å². The van der Waals surface area contributed by atoms with Crippen LogP contribution in [-0.4, -0.2) is 38.9 Å². The van der Waals surface area contributed by atoms with E-state index in [9.17, 15) is 9.59 Å². The molecule has 124 valence electrons. The second-order valence-electron chi connectivity index (χ2n) is 5.47. The molecule has 0 aliphatic rings. The lowest BCUT2D eigenvalue weighted by molar-refractivity contribution is 0.0193. The Bertz CT molecular complexity index is 751. The standard InChI is InChI=1S/C14H16ClN3O5/c1-5-21-12(19)9-10-16-7-6-8(15)18(10)17-11(9)22-13(20)23-14(2,3)4/h6-7H,5H2,1-4H3. The zero-order valence-corrected chi connectivity index (χ0v) is 13.9. The van der Waals surface area contributed by atoms with Gasteiger partial charge in [-0.1, -0.05) is 11.6 Å². The molecule has 2 aromatic heterocycles. The van der Waals surface area contributed by atoms with Crippen LogP contribution in [0.1, 0.15) is 38.1 Å². The molecule has 0 fully saturated rings. The predicted molar refractivity (Wildman–Crippen MR) is 80.8 cm³/mol. The number of nitrogens with zero attached hydrogens (tertiary/aromatic N) is 3. The van der Waals surface area contributed by atoms with Crippen molar-refractivity contribution in [2.45, 2.75) is 33.3 Å². The van der Waals surface area contributed by atoms with Crippen LogP contribution in [-0.2, 0) is 9.47 Å². The summed E-state index contributed by atoms with van der Waals surface area (Å²) >= 11 is 6.00. The molecule has 8 nitrogen and oxygen atoms in total. The second kappa shape index (κ2) is 6.41. The fraction of sp³-hybridized carbons (Fsp3) is 0.429. The molecule has 2 rings (SSSR count). The average Bonchev–Trinajstić information content (AvgIpc) is 2.76. The third-order valence-corrected chi connectivity index (χ3v) is 2.78. The molecule has 0 bridgehead atoms. The van der Waals surface area contributed by atoms with Gasteiger partial charge < -0.3 is 14.2 Å². The van der Waals surface area contributed by atoms with Crippen molar-refractivity contribution in [3.8, 4) is 5.88 Å². The second-order valence-corrected chi connectivity index (χ2v) is 5.86. The molecule has 2 heterocycles. The summed E-state index contributed by atoms with van der Waals surface area (Å²) in [6.07, 6.45) is 0.404. The van der Waals surface area contributed by atoms with Gasteiger partial charge in [0.1, 0.15) is 10.8 Å². The van der Waals surface area contributed by atoms with E-state index in [4.69, 9.17) is 25.8 Å². The van der Waals surface area contributed by atoms with E-state index in [1.807, 2.05) is 0 Å². The molecule has 0 saturated heterocycles. The van der Waals surface area contributed by atoms with E-state index >= 15 is 0 Å². The van der Waals surface area contributed by atoms with Gasteiger partial charge in [0.15, 0.2) is 11.2 Å². The molecule has 0 radical (unpaired) electrons. The number of halogens is 1. The van der Waals surface area contributed by atoms with Crippen molar-refractivity contribution < 1.29 is 23.8 Å². The van der Waals surface area contributed by atoms with Crippen LogP contribution in [0, 0.1) is 0 Å². The van der Waals surface area contributed by atoms with Crippen LogP contribution in [0.5, 0.6) is 5.88 Å². The van der Waals surface area contributed by atoms with Crippen LogP contribution in [0.4, 0.5) is 4.79 Å². The smallest absolute Gasteiger partial charge is 0.462 e. The van der Waals surface area contributed by atoms with Gasteiger partial charge in [-0.05, 0) is 33.8 Å². The highest BCUT2D eigenvalue weighted by Gasteiger charge is 2.28. The predicted octanol–water partition coefficient (Wildman–Crippen LogP) is 2.87. The molecular weight excluding hydrogens is 326 g/mol. The number of carbonyl (C=O) groups is 2. The van der Waals surface area contributed by atoms with Gasteiger partial charge in [0.05, 0.1) is 6.61 Å². The molecule has 2 aromatic rings. The van der Waals surface area contributed by atoms with Gasteiger partial charge in [-0.2, -0.15) is 4.52 Å². The highest BCUT2D eigenvalue weighted by Crippen LogP contribution is 2.25. The SMILES string of the molecule is CCOC(=O)c1c(OC(=O)OC(C)(C)C)nn2c(Cl)ccnc12. The summed E-state index contributed by atoms with van der Waals surface area (Å²) in [5.41, 5.74) is -0.731. The third-order valence-electron chi connectivity index (χ3n) is 2.49. The molecule has 23 heavy (non-hydrogen) atoms. The largest absolute Gasteiger partial charge is 0.515 e. The fourth-order valence-electron chi connectivity index (χ4n) is 1.70. The molecule has 0 amide bonds. The maximum atomic E-state index is 12.1. The van der Waals surface area contributed by atoms with Crippen LogP contribution in [0.25, 0.3) is 5.65 Å². The van der Waals surface area contributed by atoms with Gasteiger partial charge in [0.2, 0.25) is 0 Å². The molecule has 0 aliphatic carbocycles. The van der Waals surface area contributed by atoms with Crippen molar-refractivity contribution in [2.75, 3.05) is 6.61 Å². The Labute approximate surface area is 137 Å². The van der Waals surface area contributed by atoms with Gasteiger partial charge in [-0.15, -0.1) is 5.10 Å². The number of carbonyl (C=O) groups excluding carboxylic acids is 2. The summed E-state index contributed by atoms with van der Waals surface area (Å²) < 4.78 is 16.2. The van der Waals surface area contributed by atoms with E-state index in [1.165, 1.54) is 16.8 Å². The number of ether oxygens (including phenoxy) is 3. The third kappa shape index (κ3) is 3.89. The first kappa shape index (κ1) is 17.0. The van der Waals surface area contributed by atoms with E-state index in [-0.39, 0.29) is 28.9 Å². The fourth-order valence-corrected chi connectivity index (χ4v) is 1.88. The molecule has 0 aliphatic heterocycles. The molecule has 0 N–H and O–H groups in total. The van der Waals surface area contributed by atoms with Crippen molar-refractivity contribution in [1.82, 2.24) is 14.6 Å². The molecule has 0 unspecified atom stereocenters. The normalized spacial score (nSPS) is 11.3. The Morgan fingerprint density at radius 2 is 2.04 bits per heavy atom. The number of rotatable bonds is 3. The number of hydrogen-bond acceptors (Lipinski definition) is 7. The molecule has 0 aromatic carbocycles. The lowest BCUT2D eigenvalue weighted by Gasteiger charge is -2.18. The molecule has 0 atom stereocenters. The maximum absolute atomic E-state index is 12.1. The summed E-state index contributed by atoms with van der Waals surface area (Å²) in [6, 6.07) is 1.48. The Morgan fingerprint density at radius 3 is 2.65 bits per heavy atom. The van der Waals surface area contributed by atoms with Gasteiger partial charge >= 0.3 is 12.1 Å². The van der Waals surface area contributed by atoms with Gasteiger partial charge in [0, 0.05) is 6.20 Å². The number of hydrogen-bond donors (Lipinski definition) is 0. The van der Waals surface area contributed by atoms with Gasteiger partial charge in [-0.25, -0.2) is 14.6 Å². The number of fused-ring (bicyclic) bond motifs is 1. The minimum Gasteiger partial charge on any atom is -0.462 e. The van der Waals surface area contributed by atoms with Crippen molar-refractivity contribution in [3.05, 3.63) is 23.0 Å². The topological polar surface area (TPSA) is 92.0 Å². The molecule has 0 spiro atoms. The Kier molecular flexibility index (Phi) is 4.74. The van der Waals surface area contributed by atoms with E-state index in [1.54, 1.807) is 27.7 Å². The Balaban J connectivity index is 2.45. The zero-order chi connectivity index (χ0) is 17.2. The minimum atomic E-state index is -0.998. The summed E-state index contributed by atoms with van der Waals surface area (Å²) in [7, 11) is 0. The van der Waals surface area contributed by atoms with E-state index < -0.39 is 17.7 Å². The Morgan fingerprint density at radius 1 is 1.35 bits per heavy atom. The first-order chi connectivity index (χ1) is 10.7. The summed E-state index contributed by atoms with van der Waals surface area (Å²) in [6.45, 7) is 6.84. The van der Waals surface area contributed by atoms with Crippen molar-refractivity contribution in [1.29, 1.82) is 0 Å². The van der Waals surface area contributed by atoms with Crippen molar-refractivity contribution in [2.24, 2.45) is 0 Å². The summed E-state index contributed by atoms with van der Waals surface area (Å²) in [5.74, 6) is -1.01. The average molecular weight is 342 g/mol. The summed E-state index contributed by atoms with van der Waals surface area (Å²) in [5, 5.41) is 4.18. The molecule has 9 heteroatoms. The van der Waals surface area contributed by atoms with Crippen LogP contribution in [0.2, 0.25) is 5.15 Å². The van der Waals surface area contributed by atoms with Crippen LogP contribution in [0.3, 0.4) is 0 Å². The molecule has 0 saturated carbocycles. The highest BCUT2D eigenvalue weighted by molar-refractivity contribution is 6.29. The highest BCUT2D eigenvalue weighted by atomic mass is 35.5. The van der Waals surface area contributed by atoms with Gasteiger partial charge in [-0.3, -0.25) is 0 Å². The van der Waals surface area contributed by atoms with E-state index in [0.29, 0.717) is 0 Å². The minimum absolute atomic E-state index is 0.0970. The van der Waals surface area contributed by atoms with Crippen LogP contribution >= 0.6 is 11.6 Å². The van der Waals surface area contributed by atoms with Gasteiger partial charge in [0.25, 0.3) is 5.88 Å². The Hall–Kier alpha value is -2.35. The van der Waals surface area contributed by atoms with Crippen molar-refractivity contribution >= 4 is 29.4 Å². The maximum Gasteiger partial charge on any atom is 0.515 e.